The molecule has 0 saturated heterocycles. The molecule has 2 aromatic carbocycles. The van der Waals surface area contributed by atoms with Crippen LogP contribution in [0.3, 0.4) is 0 Å². The SMILES string of the molecule is OC(CSc1ccc(Cl)cc1)Cc1ccc(Cl)c(Cl)c1. The lowest BCUT2D eigenvalue weighted by Crippen LogP contribution is -2.13. The Morgan fingerprint density at radius 1 is 0.950 bits per heavy atom. The van der Waals surface area contributed by atoms with E-state index in [0.717, 1.165) is 10.5 Å². The summed E-state index contributed by atoms with van der Waals surface area (Å²) in [5.74, 6) is 0.613. The molecule has 1 atom stereocenters. The molecule has 2 aromatic rings. The summed E-state index contributed by atoms with van der Waals surface area (Å²) in [6.07, 6.45) is 0.116. The number of hydrogen-bond donors (Lipinski definition) is 1. The number of aliphatic hydroxyl groups is 1. The van der Waals surface area contributed by atoms with Crippen molar-refractivity contribution < 1.29 is 5.11 Å². The molecule has 0 aromatic heterocycles. The molecular formula is C15H13Cl3OS. The highest BCUT2D eigenvalue weighted by molar-refractivity contribution is 7.99. The molecule has 0 saturated carbocycles. The van der Waals surface area contributed by atoms with E-state index in [0.29, 0.717) is 27.2 Å². The van der Waals surface area contributed by atoms with Gasteiger partial charge in [0.15, 0.2) is 0 Å². The highest BCUT2D eigenvalue weighted by Crippen LogP contribution is 2.25. The van der Waals surface area contributed by atoms with E-state index in [4.69, 9.17) is 34.8 Å². The Morgan fingerprint density at radius 2 is 1.65 bits per heavy atom. The second-order valence-corrected chi connectivity index (χ2v) is 6.72. The molecule has 1 unspecified atom stereocenters. The molecule has 2 rings (SSSR count). The van der Waals surface area contributed by atoms with Gasteiger partial charge in [0.25, 0.3) is 0 Å². The normalized spacial score (nSPS) is 12.4. The second kappa shape index (κ2) is 7.58. The zero-order chi connectivity index (χ0) is 14.5. The molecule has 1 N–H and O–H groups in total. The predicted octanol–water partition coefficient (Wildman–Crippen LogP) is 5.34. The molecule has 0 radical (unpaired) electrons. The van der Waals surface area contributed by atoms with Crippen LogP contribution in [0.1, 0.15) is 5.56 Å². The summed E-state index contributed by atoms with van der Waals surface area (Å²) in [5, 5.41) is 11.8. The van der Waals surface area contributed by atoms with Gasteiger partial charge in [-0.05, 0) is 48.4 Å². The average Bonchev–Trinajstić information content (AvgIpc) is 2.42. The van der Waals surface area contributed by atoms with Crippen molar-refractivity contribution >= 4 is 46.6 Å². The Morgan fingerprint density at radius 3 is 2.30 bits per heavy atom. The van der Waals surface area contributed by atoms with Crippen molar-refractivity contribution in [2.24, 2.45) is 0 Å². The summed E-state index contributed by atoms with van der Waals surface area (Å²) in [7, 11) is 0. The van der Waals surface area contributed by atoms with Gasteiger partial charge in [-0.25, -0.2) is 0 Å². The summed E-state index contributed by atoms with van der Waals surface area (Å²) in [6, 6.07) is 13.0. The van der Waals surface area contributed by atoms with Crippen LogP contribution in [-0.4, -0.2) is 17.0 Å². The first kappa shape index (κ1) is 16.0. The van der Waals surface area contributed by atoms with Gasteiger partial charge in [-0.3, -0.25) is 0 Å². The van der Waals surface area contributed by atoms with Gasteiger partial charge in [0.2, 0.25) is 0 Å². The van der Waals surface area contributed by atoms with E-state index >= 15 is 0 Å². The largest absolute Gasteiger partial charge is 0.392 e. The number of benzene rings is 2. The molecule has 0 heterocycles. The van der Waals surface area contributed by atoms with Crippen molar-refractivity contribution in [1.29, 1.82) is 0 Å². The Hall–Kier alpha value is -0.380. The zero-order valence-electron chi connectivity index (χ0n) is 10.5. The molecule has 106 valence electrons. The van der Waals surface area contributed by atoms with Crippen molar-refractivity contribution in [3.8, 4) is 0 Å². The highest BCUT2D eigenvalue weighted by Gasteiger charge is 2.08. The van der Waals surface area contributed by atoms with E-state index in [2.05, 4.69) is 0 Å². The van der Waals surface area contributed by atoms with Crippen molar-refractivity contribution in [2.75, 3.05) is 5.75 Å². The molecule has 0 fully saturated rings. The van der Waals surface area contributed by atoms with Crippen LogP contribution < -0.4 is 0 Å². The van der Waals surface area contributed by atoms with Crippen LogP contribution in [0.5, 0.6) is 0 Å². The quantitative estimate of drug-likeness (QED) is 0.736. The Balaban J connectivity index is 1.87. The first-order valence-corrected chi connectivity index (χ1v) is 8.17. The third kappa shape index (κ3) is 4.87. The van der Waals surface area contributed by atoms with Gasteiger partial charge >= 0.3 is 0 Å². The first-order valence-electron chi connectivity index (χ1n) is 6.05. The van der Waals surface area contributed by atoms with Crippen LogP contribution in [0.25, 0.3) is 0 Å². The van der Waals surface area contributed by atoms with Crippen molar-refractivity contribution in [2.45, 2.75) is 17.4 Å². The average molecular weight is 348 g/mol. The van der Waals surface area contributed by atoms with Crippen LogP contribution in [-0.2, 0) is 6.42 Å². The minimum atomic E-state index is -0.437. The van der Waals surface area contributed by atoms with Gasteiger partial charge in [0.1, 0.15) is 0 Å². The molecule has 0 amide bonds. The summed E-state index contributed by atoms with van der Waals surface area (Å²) < 4.78 is 0. The molecule has 0 aliphatic carbocycles. The minimum absolute atomic E-state index is 0.437. The van der Waals surface area contributed by atoms with Gasteiger partial charge in [0.05, 0.1) is 16.1 Å². The van der Waals surface area contributed by atoms with Gasteiger partial charge in [-0.15, -0.1) is 11.8 Å². The molecule has 0 spiro atoms. The number of thioether (sulfide) groups is 1. The molecule has 0 bridgehead atoms. The predicted molar refractivity (Wildman–Crippen MR) is 88.3 cm³/mol. The molecule has 20 heavy (non-hydrogen) atoms. The maximum atomic E-state index is 10.1. The van der Waals surface area contributed by atoms with Crippen molar-refractivity contribution in [3.05, 3.63) is 63.1 Å². The lowest BCUT2D eigenvalue weighted by Gasteiger charge is -2.11. The number of halogens is 3. The van der Waals surface area contributed by atoms with Gasteiger partial charge in [-0.2, -0.15) is 0 Å². The van der Waals surface area contributed by atoms with Gasteiger partial charge in [0, 0.05) is 15.7 Å². The number of rotatable bonds is 5. The van der Waals surface area contributed by atoms with Crippen LogP contribution in [0.2, 0.25) is 15.1 Å². The fourth-order valence-electron chi connectivity index (χ4n) is 1.72. The van der Waals surface area contributed by atoms with Crippen molar-refractivity contribution in [1.82, 2.24) is 0 Å². The fourth-order valence-corrected chi connectivity index (χ4v) is 3.00. The number of aliphatic hydroxyl groups excluding tert-OH is 1. The molecule has 5 heteroatoms. The Bertz CT molecular complexity index is 572. The smallest absolute Gasteiger partial charge is 0.0674 e. The third-order valence-corrected chi connectivity index (χ3v) is 4.86. The van der Waals surface area contributed by atoms with Crippen LogP contribution in [0.4, 0.5) is 0 Å². The molecular weight excluding hydrogens is 335 g/mol. The van der Waals surface area contributed by atoms with Gasteiger partial charge < -0.3 is 5.11 Å². The minimum Gasteiger partial charge on any atom is -0.392 e. The summed E-state index contributed by atoms with van der Waals surface area (Å²) in [4.78, 5) is 1.09. The Kier molecular flexibility index (Phi) is 6.06. The molecule has 0 aliphatic heterocycles. The standard InChI is InChI=1S/C15H13Cl3OS/c16-11-2-4-13(5-3-11)20-9-12(19)7-10-1-6-14(17)15(18)8-10/h1-6,8,12,19H,7,9H2. The van der Waals surface area contributed by atoms with E-state index in [1.54, 1.807) is 23.9 Å². The monoisotopic (exact) mass is 346 g/mol. The van der Waals surface area contributed by atoms with Crippen molar-refractivity contribution in [3.63, 3.8) is 0 Å². The zero-order valence-corrected chi connectivity index (χ0v) is 13.6. The Labute approximate surface area is 137 Å². The van der Waals surface area contributed by atoms with Crippen LogP contribution in [0.15, 0.2) is 47.4 Å². The first-order chi connectivity index (χ1) is 9.54. The molecule has 1 nitrogen and oxygen atoms in total. The van der Waals surface area contributed by atoms with E-state index in [1.165, 1.54) is 0 Å². The summed E-state index contributed by atoms with van der Waals surface area (Å²) >= 11 is 19.2. The van der Waals surface area contributed by atoms with E-state index in [1.807, 2.05) is 30.3 Å². The maximum absolute atomic E-state index is 10.1. The van der Waals surface area contributed by atoms with Gasteiger partial charge in [-0.1, -0.05) is 40.9 Å². The molecule has 0 aliphatic rings. The van der Waals surface area contributed by atoms with E-state index in [9.17, 15) is 5.11 Å². The van der Waals surface area contributed by atoms with E-state index < -0.39 is 6.10 Å². The topological polar surface area (TPSA) is 20.2 Å². The lowest BCUT2D eigenvalue weighted by atomic mass is 10.1. The van der Waals surface area contributed by atoms with E-state index in [-0.39, 0.29) is 0 Å². The van der Waals surface area contributed by atoms with Crippen LogP contribution in [0, 0.1) is 0 Å². The third-order valence-electron chi connectivity index (χ3n) is 2.71. The van der Waals surface area contributed by atoms with Crippen LogP contribution >= 0.6 is 46.6 Å². The highest BCUT2D eigenvalue weighted by atomic mass is 35.5. The lowest BCUT2D eigenvalue weighted by molar-refractivity contribution is 0.200. The fraction of sp³-hybridized carbons (Fsp3) is 0.200. The summed E-state index contributed by atoms with van der Waals surface area (Å²) in [6.45, 7) is 0. The number of hydrogen-bond acceptors (Lipinski definition) is 2. The summed E-state index contributed by atoms with van der Waals surface area (Å²) in [5.41, 5.74) is 0.976. The second-order valence-electron chi connectivity index (χ2n) is 4.37. The maximum Gasteiger partial charge on any atom is 0.0674 e.